The first-order valence-corrected chi connectivity index (χ1v) is 27.0. The summed E-state index contributed by atoms with van der Waals surface area (Å²) < 4.78 is 14.8. The molecular formula is C58H59NO2SSi2. The van der Waals surface area contributed by atoms with Gasteiger partial charge in [0.2, 0.25) is 0 Å². The lowest BCUT2D eigenvalue weighted by Crippen LogP contribution is -2.68. The first-order chi connectivity index (χ1) is 30.9. The molecule has 7 aromatic carbocycles. The summed E-state index contributed by atoms with van der Waals surface area (Å²) in [7, 11) is -5.53. The molecular weight excluding hydrogens is 831 g/mol. The summed E-state index contributed by atoms with van der Waals surface area (Å²) in [5.74, 6) is 1.78. The second-order valence-corrected chi connectivity index (χ2v) is 28.0. The van der Waals surface area contributed by atoms with E-state index >= 15 is 0 Å². The van der Waals surface area contributed by atoms with Crippen molar-refractivity contribution in [1.82, 2.24) is 0 Å². The van der Waals surface area contributed by atoms with Gasteiger partial charge in [-0.05, 0) is 101 Å². The molecule has 0 aliphatic carbocycles. The van der Waals surface area contributed by atoms with Crippen molar-refractivity contribution in [2.45, 2.75) is 64.7 Å². The van der Waals surface area contributed by atoms with Crippen LogP contribution in [0.2, 0.25) is 10.1 Å². The van der Waals surface area contributed by atoms with Crippen LogP contribution >= 0.6 is 11.3 Å². The van der Waals surface area contributed by atoms with Crippen molar-refractivity contribution in [3.8, 4) is 11.5 Å². The summed E-state index contributed by atoms with van der Waals surface area (Å²) in [5, 5.41) is 6.91. The summed E-state index contributed by atoms with van der Waals surface area (Å²) in [6.45, 7) is 15.4. The van der Waals surface area contributed by atoms with Crippen LogP contribution in [-0.4, -0.2) is 16.6 Å². The summed E-state index contributed by atoms with van der Waals surface area (Å²) in [5.41, 5.74) is 4.76. The van der Waals surface area contributed by atoms with Gasteiger partial charge in [0.15, 0.2) is 0 Å². The van der Waals surface area contributed by atoms with E-state index in [4.69, 9.17) is 8.85 Å². The monoisotopic (exact) mass is 889 g/mol. The number of hydrogen-bond acceptors (Lipinski definition) is 4. The largest absolute Gasteiger partial charge is 0.534 e. The van der Waals surface area contributed by atoms with Gasteiger partial charge < -0.3 is 13.8 Å². The number of rotatable bonds is 15. The first-order valence-electron chi connectivity index (χ1n) is 22.3. The van der Waals surface area contributed by atoms with Gasteiger partial charge in [-0.1, -0.05) is 211 Å². The molecule has 0 bridgehead atoms. The molecule has 0 amide bonds. The van der Waals surface area contributed by atoms with Crippen molar-refractivity contribution in [1.29, 1.82) is 0 Å². The predicted octanol–water partition coefficient (Wildman–Crippen LogP) is 13.0. The Morgan fingerprint density at radius 3 is 1.12 bits per heavy atom. The van der Waals surface area contributed by atoms with Crippen molar-refractivity contribution in [2.75, 3.05) is 4.90 Å². The van der Waals surface area contributed by atoms with E-state index in [2.05, 4.69) is 270 Å². The molecule has 0 aliphatic heterocycles. The third-order valence-corrected chi connectivity index (χ3v) is 22.9. The van der Waals surface area contributed by atoms with Crippen molar-refractivity contribution in [3.05, 3.63) is 233 Å². The van der Waals surface area contributed by atoms with Crippen molar-refractivity contribution >= 4 is 66.6 Å². The van der Waals surface area contributed by atoms with Crippen LogP contribution in [0.1, 0.15) is 63.1 Å². The third-order valence-electron chi connectivity index (χ3n) is 12.2. The second-order valence-electron chi connectivity index (χ2n) is 18.6. The maximum absolute atomic E-state index is 7.38. The topological polar surface area (TPSA) is 21.7 Å². The van der Waals surface area contributed by atoms with Gasteiger partial charge in [-0.25, -0.2) is 0 Å². The molecule has 1 aromatic heterocycles. The molecule has 0 aliphatic rings. The zero-order valence-electron chi connectivity index (χ0n) is 37.9. The molecule has 322 valence electrons. The molecule has 0 saturated carbocycles. The number of anilines is 1. The van der Waals surface area contributed by atoms with Gasteiger partial charge in [0, 0.05) is 23.7 Å². The molecule has 3 nitrogen and oxygen atoms in total. The fourth-order valence-electron chi connectivity index (χ4n) is 9.02. The van der Waals surface area contributed by atoms with Gasteiger partial charge in [-0.3, -0.25) is 0 Å². The summed E-state index contributed by atoms with van der Waals surface area (Å²) in [6, 6.07) is 74.2. The summed E-state index contributed by atoms with van der Waals surface area (Å²) >= 11 is 1.75. The van der Waals surface area contributed by atoms with Crippen LogP contribution < -0.4 is 34.5 Å². The first kappa shape index (κ1) is 44.4. The van der Waals surface area contributed by atoms with Crippen LogP contribution in [0, 0.1) is 0 Å². The normalized spacial score (nSPS) is 12.3. The fraction of sp³-hybridized carbons (Fsp3) is 0.172. The third kappa shape index (κ3) is 9.65. The molecule has 0 saturated heterocycles. The van der Waals surface area contributed by atoms with E-state index in [0.29, 0.717) is 0 Å². The standard InChI is InChI=1S/C58H59NO2SSi2/c1-57(2,3)63(53-21-11-7-12-22-53,54-23-13-8-14-24-54)60-50-38-31-47(32-39-50)44-59(49-36-29-46(30-37-49)35-42-52-20-19-43-62-52)45-48-33-40-51(41-34-48)61-64(58(4,5)6,55-25-15-9-16-26-55)56-27-17-10-18-28-56/h7-43H,44-45H2,1-6H3. The van der Waals surface area contributed by atoms with Crippen LogP contribution in [0.4, 0.5) is 5.69 Å². The van der Waals surface area contributed by atoms with Gasteiger partial charge in [0.25, 0.3) is 0 Å². The van der Waals surface area contributed by atoms with Gasteiger partial charge in [0.05, 0.1) is 0 Å². The van der Waals surface area contributed by atoms with Gasteiger partial charge >= 0.3 is 16.6 Å². The lowest BCUT2D eigenvalue weighted by atomic mass is 10.1. The predicted molar refractivity (Wildman–Crippen MR) is 279 cm³/mol. The Kier molecular flexibility index (Phi) is 13.4. The van der Waals surface area contributed by atoms with E-state index < -0.39 is 16.6 Å². The molecule has 0 radical (unpaired) electrons. The van der Waals surface area contributed by atoms with E-state index in [1.165, 1.54) is 42.3 Å². The zero-order valence-corrected chi connectivity index (χ0v) is 40.8. The van der Waals surface area contributed by atoms with E-state index in [0.717, 1.165) is 30.3 Å². The number of benzene rings is 7. The van der Waals surface area contributed by atoms with Gasteiger partial charge in [-0.15, -0.1) is 11.3 Å². The Hall–Kier alpha value is -6.19. The number of thiophene rings is 1. The molecule has 0 N–H and O–H groups in total. The van der Waals surface area contributed by atoms with E-state index in [1.54, 1.807) is 11.3 Å². The minimum Gasteiger partial charge on any atom is -0.534 e. The van der Waals surface area contributed by atoms with E-state index in [-0.39, 0.29) is 10.1 Å². The fourth-order valence-corrected chi connectivity index (χ4v) is 18.5. The van der Waals surface area contributed by atoms with Crippen LogP contribution in [0.15, 0.2) is 212 Å². The molecule has 8 rings (SSSR count). The van der Waals surface area contributed by atoms with Crippen molar-refractivity contribution < 1.29 is 8.85 Å². The quantitative estimate of drug-likeness (QED) is 0.0958. The SMILES string of the molecule is CC(C)(C)[Si](Oc1ccc(CN(Cc2ccc(O[Si](c3ccccc3)(c3ccccc3)C(C)(C)C)cc2)c2ccc(C=Cc3cccs3)cc2)cc1)(c1ccccc1)c1ccccc1. The van der Waals surface area contributed by atoms with Crippen molar-refractivity contribution in [2.24, 2.45) is 0 Å². The smallest absolute Gasteiger partial charge is 0.319 e. The summed E-state index contributed by atoms with van der Waals surface area (Å²) in [6.07, 6.45) is 4.37. The van der Waals surface area contributed by atoms with Gasteiger partial charge in [0.1, 0.15) is 11.5 Å². The van der Waals surface area contributed by atoms with Crippen LogP contribution in [-0.2, 0) is 13.1 Å². The molecule has 8 aromatic rings. The molecule has 0 spiro atoms. The van der Waals surface area contributed by atoms with E-state index in [1.807, 2.05) is 0 Å². The average molecular weight is 890 g/mol. The Balaban J connectivity index is 1.09. The maximum Gasteiger partial charge on any atom is 0.319 e. The highest BCUT2D eigenvalue weighted by Crippen LogP contribution is 2.39. The number of hydrogen-bond donors (Lipinski definition) is 0. The molecule has 6 heteroatoms. The van der Waals surface area contributed by atoms with Crippen LogP contribution in [0.5, 0.6) is 11.5 Å². The second kappa shape index (κ2) is 19.3. The zero-order chi connectivity index (χ0) is 44.6. The summed E-state index contributed by atoms with van der Waals surface area (Å²) in [4.78, 5) is 3.71. The molecule has 1 heterocycles. The van der Waals surface area contributed by atoms with Crippen molar-refractivity contribution in [3.63, 3.8) is 0 Å². The number of nitrogens with zero attached hydrogens (tertiary/aromatic N) is 1. The lowest BCUT2D eigenvalue weighted by molar-refractivity contribution is 0.508. The highest BCUT2D eigenvalue weighted by Gasteiger charge is 2.53. The lowest BCUT2D eigenvalue weighted by Gasteiger charge is -2.43. The Morgan fingerprint density at radius 1 is 0.422 bits per heavy atom. The Morgan fingerprint density at radius 2 is 0.797 bits per heavy atom. The highest BCUT2D eigenvalue weighted by molar-refractivity contribution is 7.10. The minimum absolute atomic E-state index is 0.129. The highest BCUT2D eigenvalue weighted by atomic mass is 32.1. The molecule has 0 fully saturated rings. The van der Waals surface area contributed by atoms with Crippen LogP contribution in [0.25, 0.3) is 12.2 Å². The molecule has 0 unspecified atom stereocenters. The molecule has 64 heavy (non-hydrogen) atoms. The maximum atomic E-state index is 7.38. The molecule has 0 atom stereocenters. The Labute approximate surface area is 387 Å². The Bertz CT molecular complexity index is 2460. The van der Waals surface area contributed by atoms with E-state index in [9.17, 15) is 0 Å². The van der Waals surface area contributed by atoms with Crippen LogP contribution in [0.3, 0.4) is 0 Å². The van der Waals surface area contributed by atoms with Gasteiger partial charge in [-0.2, -0.15) is 0 Å². The average Bonchev–Trinajstić information content (AvgIpc) is 3.85. The minimum atomic E-state index is -2.77.